The highest BCUT2D eigenvalue weighted by molar-refractivity contribution is 7.16. The minimum absolute atomic E-state index is 0.639. The van der Waals surface area contributed by atoms with Gasteiger partial charge >= 0.3 is 0 Å². The van der Waals surface area contributed by atoms with Crippen LogP contribution in [0, 0.1) is 11.8 Å². The highest BCUT2D eigenvalue weighted by Gasteiger charge is 2.15. The second kappa shape index (κ2) is 6.42. The van der Waals surface area contributed by atoms with E-state index in [0.717, 1.165) is 29.7 Å². The highest BCUT2D eigenvalue weighted by atomic mass is 32.1. The van der Waals surface area contributed by atoms with Gasteiger partial charge in [0.15, 0.2) is 0 Å². The van der Waals surface area contributed by atoms with Crippen LogP contribution in [0.5, 0.6) is 0 Å². The third-order valence-electron chi connectivity index (χ3n) is 3.87. The maximum Gasteiger partial charge on any atom is 0.106 e. The van der Waals surface area contributed by atoms with Crippen LogP contribution in [0.3, 0.4) is 0 Å². The standard InChI is InChI=1S/C15H23N3S/c1-5-10(3)7-12-14-15(19-9-16-14)13(18-17-12)8-11(4)6-2/h9-11H,5-8H2,1-4H3. The third-order valence-corrected chi connectivity index (χ3v) is 4.75. The van der Waals surface area contributed by atoms with E-state index in [4.69, 9.17) is 0 Å². The minimum Gasteiger partial charge on any atom is -0.243 e. The summed E-state index contributed by atoms with van der Waals surface area (Å²) in [6.07, 6.45) is 4.33. The van der Waals surface area contributed by atoms with Gasteiger partial charge in [0.25, 0.3) is 0 Å². The molecule has 104 valence electrons. The van der Waals surface area contributed by atoms with Crippen molar-refractivity contribution in [2.75, 3.05) is 0 Å². The van der Waals surface area contributed by atoms with Gasteiger partial charge in [-0.2, -0.15) is 10.2 Å². The summed E-state index contributed by atoms with van der Waals surface area (Å²) in [4.78, 5) is 4.52. The summed E-state index contributed by atoms with van der Waals surface area (Å²) in [6.45, 7) is 8.96. The van der Waals surface area contributed by atoms with Crippen molar-refractivity contribution in [2.45, 2.75) is 53.4 Å². The number of nitrogens with zero attached hydrogens (tertiary/aromatic N) is 3. The summed E-state index contributed by atoms with van der Waals surface area (Å²) < 4.78 is 1.24. The highest BCUT2D eigenvalue weighted by Crippen LogP contribution is 2.26. The molecule has 2 atom stereocenters. The Morgan fingerprint density at radius 1 is 1.00 bits per heavy atom. The molecule has 19 heavy (non-hydrogen) atoms. The maximum atomic E-state index is 4.52. The Morgan fingerprint density at radius 3 is 2.21 bits per heavy atom. The van der Waals surface area contributed by atoms with Gasteiger partial charge in [0.1, 0.15) is 5.52 Å². The SMILES string of the molecule is CCC(C)Cc1nnc(CC(C)CC)c2scnc12. The Labute approximate surface area is 119 Å². The Kier molecular flexibility index (Phi) is 4.86. The van der Waals surface area contributed by atoms with Crippen LogP contribution in [-0.4, -0.2) is 15.2 Å². The summed E-state index contributed by atoms with van der Waals surface area (Å²) in [5, 5.41) is 8.92. The normalized spacial score (nSPS) is 14.7. The van der Waals surface area contributed by atoms with Crippen molar-refractivity contribution in [2.24, 2.45) is 11.8 Å². The summed E-state index contributed by atoms with van der Waals surface area (Å²) >= 11 is 1.70. The topological polar surface area (TPSA) is 38.7 Å². The zero-order chi connectivity index (χ0) is 13.8. The number of thiazole rings is 1. The molecule has 2 unspecified atom stereocenters. The second-order valence-corrected chi connectivity index (χ2v) is 6.41. The molecule has 2 aromatic rings. The van der Waals surface area contributed by atoms with Crippen molar-refractivity contribution in [1.82, 2.24) is 15.2 Å². The van der Waals surface area contributed by atoms with Crippen molar-refractivity contribution in [3.63, 3.8) is 0 Å². The van der Waals surface area contributed by atoms with Crippen LogP contribution in [-0.2, 0) is 12.8 Å². The monoisotopic (exact) mass is 277 g/mol. The largest absolute Gasteiger partial charge is 0.243 e. The van der Waals surface area contributed by atoms with Gasteiger partial charge in [-0.05, 0) is 24.7 Å². The van der Waals surface area contributed by atoms with Crippen molar-refractivity contribution in [3.8, 4) is 0 Å². The van der Waals surface area contributed by atoms with Crippen LogP contribution in [0.25, 0.3) is 10.2 Å². The molecule has 0 aromatic carbocycles. The van der Waals surface area contributed by atoms with E-state index in [9.17, 15) is 0 Å². The van der Waals surface area contributed by atoms with Crippen LogP contribution in [0.1, 0.15) is 51.9 Å². The van der Waals surface area contributed by atoms with Crippen molar-refractivity contribution < 1.29 is 0 Å². The van der Waals surface area contributed by atoms with E-state index in [-0.39, 0.29) is 0 Å². The molecule has 0 fully saturated rings. The van der Waals surface area contributed by atoms with E-state index in [2.05, 4.69) is 42.9 Å². The van der Waals surface area contributed by atoms with Crippen molar-refractivity contribution in [3.05, 3.63) is 16.9 Å². The van der Waals surface area contributed by atoms with Crippen LogP contribution in [0.4, 0.5) is 0 Å². The average Bonchev–Trinajstić information content (AvgIpc) is 2.91. The van der Waals surface area contributed by atoms with E-state index in [1.165, 1.54) is 17.5 Å². The molecule has 2 heterocycles. The molecule has 0 spiro atoms. The molecule has 2 aromatic heterocycles. The van der Waals surface area contributed by atoms with Crippen LogP contribution >= 0.6 is 11.3 Å². The summed E-state index contributed by atoms with van der Waals surface area (Å²) in [5.41, 5.74) is 5.20. The Morgan fingerprint density at radius 2 is 1.58 bits per heavy atom. The van der Waals surface area contributed by atoms with Gasteiger partial charge in [0, 0.05) is 0 Å². The van der Waals surface area contributed by atoms with Gasteiger partial charge in [-0.1, -0.05) is 40.5 Å². The van der Waals surface area contributed by atoms with E-state index < -0.39 is 0 Å². The number of hydrogen-bond acceptors (Lipinski definition) is 4. The average molecular weight is 277 g/mol. The first kappa shape index (κ1) is 14.4. The van der Waals surface area contributed by atoms with E-state index in [1.807, 2.05) is 5.51 Å². The van der Waals surface area contributed by atoms with Crippen LogP contribution in [0.15, 0.2) is 5.51 Å². The maximum absolute atomic E-state index is 4.52. The van der Waals surface area contributed by atoms with E-state index in [1.54, 1.807) is 11.3 Å². The van der Waals surface area contributed by atoms with Crippen molar-refractivity contribution >= 4 is 21.6 Å². The van der Waals surface area contributed by atoms with Gasteiger partial charge in [-0.3, -0.25) is 0 Å². The summed E-state index contributed by atoms with van der Waals surface area (Å²) in [5.74, 6) is 1.29. The molecule has 0 aliphatic carbocycles. The Balaban J connectivity index is 2.33. The molecule has 4 heteroatoms. The number of aromatic nitrogens is 3. The van der Waals surface area contributed by atoms with Crippen LogP contribution in [0.2, 0.25) is 0 Å². The molecular formula is C15H23N3S. The fourth-order valence-electron chi connectivity index (χ4n) is 2.09. The van der Waals surface area contributed by atoms with Gasteiger partial charge in [-0.15, -0.1) is 11.3 Å². The lowest BCUT2D eigenvalue weighted by Crippen LogP contribution is -2.07. The molecular weight excluding hydrogens is 254 g/mol. The molecule has 3 nitrogen and oxygen atoms in total. The molecule has 0 aliphatic rings. The molecule has 0 amide bonds. The summed E-state index contributed by atoms with van der Waals surface area (Å²) in [7, 11) is 0. The molecule has 0 saturated carbocycles. The second-order valence-electron chi connectivity index (χ2n) is 5.56. The fraction of sp³-hybridized carbons (Fsp3) is 0.667. The number of fused-ring (bicyclic) bond motifs is 1. The van der Waals surface area contributed by atoms with Gasteiger partial charge in [0.2, 0.25) is 0 Å². The molecule has 0 radical (unpaired) electrons. The number of hydrogen-bond donors (Lipinski definition) is 0. The van der Waals surface area contributed by atoms with Crippen LogP contribution < -0.4 is 0 Å². The predicted molar refractivity (Wildman–Crippen MR) is 81.5 cm³/mol. The zero-order valence-corrected chi connectivity index (χ0v) is 13.1. The Hall–Kier alpha value is -1.03. The smallest absolute Gasteiger partial charge is 0.106 e. The first-order valence-electron chi connectivity index (χ1n) is 7.23. The lowest BCUT2D eigenvalue weighted by molar-refractivity contribution is 0.540. The minimum atomic E-state index is 0.639. The van der Waals surface area contributed by atoms with Crippen molar-refractivity contribution in [1.29, 1.82) is 0 Å². The molecule has 0 bridgehead atoms. The predicted octanol–water partition coefficient (Wildman–Crippen LogP) is 4.26. The molecule has 0 saturated heterocycles. The lowest BCUT2D eigenvalue weighted by atomic mass is 10.0. The lowest BCUT2D eigenvalue weighted by Gasteiger charge is -2.11. The van der Waals surface area contributed by atoms with Gasteiger partial charge < -0.3 is 0 Å². The third kappa shape index (κ3) is 3.30. The van der Waals surface area contributed by atoms with Gasteiger partial charge in [0.05, 0.1) is 21.6 Å². The molecule has 0 N–H and O–H groups in total. The first-order chi connectivity index (χ1) is 9.15. The van der Waals surface area contributed by atoms with E-state index >= 15 is 0 Å². The fourth-order valence-corrected chi connectivity index (χ4v) is 2.90. The van der Waals surface area contributed by atoms with Gasteiger partial charge in [-0.25, -0.2) is 4.98 Å². The number of rotatable bonds is 6. The molecule has 2 rings (SSSR count). The van der Waals surface area contributed by atoms with E-state index in [0.29, 0.717) is 11.8 Å². The zero-order valence-electron chi connectivity index (χ0n) is 12.3. The molecule has 0 aliphatic heterocycles. The first-order valence-corrected chi connectivity index (χ1v) is 8.11. The Bertz CT molecular complexity index is 489. The summed E-state index contributed by atoms with van der Waals surface area (Å²) in [6, 6.07) is 0. The quantitative estimate of drug-likeness (QED) is 0.791.